The molecule has 0 unspecified atom stereocenters. The third-order valence-corrected chi connectivity index (χ3v) is 6.68. The molecule has 2 N–H and O–H groups in total. The van der Waals surface area contributed by atoms with Gasteiger partial charge in [0, 0.05) is 43.2 Å². The van der Waals surface area contributed by atoms with Crippen LogP contribution in [0.1, 0.15) is 29.0 Å². The average molecular weight is 444 g/mol. The van der Waals surface area contributed by atoms with Gasteiger partial charge >= 0.3 is 6.03 Å². The predicted molar refractivity (Wildman–Crippen MR) is 107 cm³/mol. The number of hydrogen-bond acceptors (Lipinski definition) is 7. The first-order chi connectivity index (χ1) is 15.3. The Bertz CT molecular complexity index is 916. The van der Waals surface area contributed by atoms with Crippen LogP contribution < -0.4 is 5.32 Å². The highest BCUT2D eigenvalue weighted by Gasteiger charge is 2.58. The normalized spacial score (nSPS) is 27.7. The molecule has 0 aliphatic carbocycles. The Labute approximate surface area is 183 Å². The zero-order valence-corrected chi connectivity index (χ0v) is 17.5. The minimum absolute atomic E-state index is 0.0524. The standard InChI is InChI=1S/C19H22N6O4.CH2O2/c1-10-4-21-13(5-20-10)18(28)23-7-11-12(8-23)15-3-2-14(11)25(15)17(27)9-24-16(26)6-22-19(24)29;2-1-3/h4-5,11-12,14-15H,2-3,6-9H2,1H3,(H,22,29);1H,(H,2,3)/t11-,12+,14-,15+;. The summed E-state index contributed by atoms with van der Waals surface area (Å²) >= 11 is 0. The molecule has 5 amide bonds. The molecule has 4 fully saturated rings. The largest absolute Gasteiger partial charge is 0.483 e. The number of amides is 5. The lowest BCUT2D eigenvalue weighted by atomic mass is 9.82. The van der Waals surface area contributed by atoms with Gasteiger partial charge in [0.05, 0.1) is 18.4 Å². The van der Waals surface area contributed by atoms with Crippen LogP contribution in [0, 0.1) is 18.8 Å². The number of carboxylic acid groups (broad SMARTS) is 1. The van der Waals surface area contributed by atoms with Crippen LogP contribution in [0.15, 0.2) is 12.4 Å². The maximum atomic E-state index is 12.9. The monoisotopic (exact) mass is 444 g/mol. The Morgan fingerprint density at radius 1 is 1.16 bits per heavy atom. The Kier molecular flexibility index (Phi) is 5.76. The Hall–Kier alpha value is -3.57. The number of hydrogen-bond donors (Lipinski definition) is 2. The summed E-state index contributed by atoms with van der Waals surface area (Å²) in [5, 5.41) is 9.33. The lowest BCUT2D eigenvalue weighted by Crippen LogP contribution is -2.47. The number of carbonyl (C=O) groups excluding carboxylic acids is 4. The van der Waals surface area contributed by atoms with Crippen molar-refractivity contribution in [3.05, 3.63) is 23.8 Å². The van der Waals surface area contributed by atoms with Gasteiger partial charge in [0.1, 0.15) is 12.2 Å². The van der Waals surface area contributed by atoms with Crippen LogP contribution in [0.4, 0.5) is 4.79 Å². The molecule has 32 heavy (non-hydrogen) atoms. The van der Waals surface area contributed by atoms with Crippen LogP contribution >= 0.6 is 0 Å². The Balaban J connectivity index is 0.000000775. The fraction of sp³-hybridized carbons (Fsp3) is 0.550. The van der Waals surface area contributed by atoms with E-state index >= 15 is 0 Å². The zero-order valence-electron chi connectivity index (χ0n) is 17.5. The fourth-order valence-electron chi connectivity index (χ4n) is 5.41. The van der Waals surface area contributed by atoms with Gasteiger partial charge in [-0.25, -0.2) is 9.78 Å². The van der Waals surface area contributed by atoms with E-state index < -0.39 is 6.03 Å². The summed E-state index contributed by atoms with van der Waals surface area (Å²) < 4.78 is 0. The van der Waals surface area contributed by atoms with Crippen molar-refractivity contribution in [3.63, 3.8) is 0 Å². The summed E-state index contributed by atoms with van der Waals surface area (Å²) in [6, 6.07) is -0.397. The van der Waals surface area contributed by atoms with Gasteiger partial charge in [-0.2, -0.15) is 0 Å². The Morgan fingerprint density at radius 3 is 2.28 bits per heavy atom. The highest BCUT2D eigenvalue weighted by atomic mass is 16.3. The van der Waals surface area contributed by atoms with Crippen molar-refractivity contribution >= 4 is 30.2 Å². The van der Waals surface area contributed by atoms with E-state index in [0.717, 1.165) is 23.4 Å². The number of aromatic nitrogens is 2. The summed E-state index contributed by atoms with van der Waals surface area (Å²) in [5.74, 6) is -0.222. The number of nitrogens with one attached hydrogen (secondary N) is 1. The molecule has 0 spiro atoms. The summed E-state index contributed by atoms with van der Waals surface area (Å²) in [7, 11) is 0. The van der Waals surface area contributed by atoms with Crippen molar-refractivity contribution in [3.8, 4) is 0 Å². The topological polar surface area (TPSA) is 153 Å². The van der Waals surface area contributed by atoms with E-state index in [4.69, 9.17) is 9.90 Å². The van der Waals surface area contributed by atoms with Gasteiger partial charge in [0.2, 0.25) is 5.91 Å². The molecule has 4 aliphatic heterocycles. The third-order valence-electron chi connectivity index (χ3n) is 6.68. The van der Waals surface area contributed by atoms with E-state index in [1.807, 2.05) is 16.7 Å². The molecule has 5 rings (SSSR count). The first-order valence-electron chi connectivity index (χ1n) is 10.4. The van der Waals surface area contributed by atoms with E-state index in [1.165, 1.54) is 6.20 Å². The molecule has 0 aromatic carbocycles. The highest BCUT2D eigenvalue weighted by Crippen LogP contribution is 2.49. The van der Waals surface area contributed by atoms with E-state index in [1.54, 1.807) is 6.20 Å². The molecule has 1 aromatic rings. The van der Waals surface area contributed by atoms with Crippen molar-refractivity contribution in [1.82, 2.24) is 30.0 Å². The summed E-state index contributed by atoms with van der Waals surface area (Å²) in [5.41, 5.74) is 1.10. The van der Waals surface area contributed by atoms with Gasteiger partial charge in [0.25, 0.3) is 18.3 Å². The minimum Gasteiger partial charge on any atom is -0.483 e. The molecule has 4 atom stereocenters. The van der Waals surface area contributed by atoms with Crippen molar-refractivity contribution in [1.29, 1.82) is 0 Å². The molecule has 4 saturated heterocycles. The van der Waals surface area contributed by atoms with Crippen molar-refractivity contribution in [2.24, 2.45) is 11.8 Å². The van der Waals surface area contributed by atoms with Crippen LogP contribution in [0.25, 0.3) is 0 Å². The average Bonchev–Trinajstić information content (AvgIpc) is 3.52. The smallest absolute Gasteiger partial charge is 0.325 e. The molecule has 0 radical (unpaired) electrons. The summed E-state index contributed by atoms with van der Waals surface area (Å²) in [6.45, 7) is 2.49. The van der Waals surface area contributed by atoms with Gasteiger partial charge in [-0.15, -0.1) is 0 Å². The van der Waals surface area contributed by atoms with Gasteiger partial charge < -0.3 is 20.2 Å². The molecule has 4 aliphatic rings. The van der Waals surface area contributed by atoms with E-state index in [9.17, 15) is 19.2 Å². The lowest BCUT2D eigenvalue weighted by molar-refractivity contribution is -0.137. The van der Waals surface area contributed by atoms with Crippen LogP contribution in [-0.4, -0.2) is 98.3 Å². The maximum absolute atomic E-state index is 12.9. The number of aryl methyl sites for hydroxylation is 1. The van der Waals surface area contributed by atoms with Gasteiger partial charge in [-0.1, -0.05) is 0 Å². The first kappa shape index (κ1) is 21.7. The molecular formula is C20H24N6O6. The molecular weight excluding hydrogens is 420 g/mol. The molecule has 12 heteroatoms. The summed E-state index contributed by atoms with van der Waals surface area (Å²) in [6.07, 6.45) is 4.88. The van der Waals surface area contributed by atoms with Crippen LogP contribution in [0.5, 0.6) is 0 Å². The number of nitrogens with zero attached hydrogens (tertiary/aromatic N) is 5. The fourth-order valence-corrected chi connectivity index (χ4v) is 5.41. The third kappa shape index (κ3) is 3.65. The van der Waals surface area contributed by atoms with Gasteiger partial charge in [0.15, 0.2) is 0 Å². The molecule has 12 nitrogen and oxygen atoms in total. The molecule has 170 valence electrons. The van der Waals surface area contributed by atoms with E-state index in [-0.39, 0.29) is 61.2 Å². The molecule has 0 saturated carbocycles. The minimum atomic E-state index is -0.508. The van der Waals surface area contributed by atoms with E-state index in [2.05, 4.69) is 15.3 Å². The summed E-state index contributed by atoms with van der Waals surface area (Å²) in [4.78, 5) is 70.6. The van der Waals surface area contributed by atoms with Crippen molar-refractivity contribution in [2.45, 2.75) is 31.8 Å². The molecule has 1 aromatic heterocycles. The number of fused-ring (bicyclic) bond motifs is 5. The van der Waals surface area contributed by atoms with Crippen molar-refractivity contribution < 1.29 is 29.1 Å². The quantitative estimate of drug-likeness (QED) is 0.449. The number of urea groups is 1. The second-order valence-electron chi connectivity index (χ2n) is 8.34. The SMILES string of the molecule is Cc1cnc(C(=O)N2C[C@@H]3[C@H](C2)[C@@H]2CC[C@H]3N2C(=O)CN2C(=O)CNC2=O)cn1.O=CO. The second kappa shape index (κ2) is 8.52. The zero-order chi connectivity index (χ0) is 23.0. The molecule has 5 heterocycles. The van der Waals surface area contributed by atoms with Gasteiger partial charge in [-0.3, -0.25) is 29.1 Å². The molecule has 2 bridgehead atoms. The number of likely N-dealkylation sites (tertiary alicyclic amines) is 1. The van der Waals surface area contributed by atoms with Crippen LogP contribution in [0.3, 0.4) is 0 Å². The predicted octanol–water partition coefficient (Wildman–Crippen LogP) is -0.901. The Morgan fingerprint density at radius 2 is 1.78 bits per heavy atom. The highest BCUT2D eigenvalue weighted by molar-refractivity contribution is 6.04. The maximum Gasteiger partial charge on any atom is 0.325 e. The number of carbonyl (C=O) groups is 5. The van der Waals surface area contributed by atoms with Crippen LogP contribution in [-0.2, 0) is 14.4 Å². The number of rotatable bonds is 3. The number of imide groups is 1. The first-order valence-corrected chi connectivity index (χ1v) is 10.4. The van der Waals surface area contributed by atoms with Crippen LogP contribution in [0.2, 0.25) is 0 Å². The van der Waals surface area contributed by atoms with Gasteiger partial charge in [-0.05, 0) is 19.8 Å². The lowest BCUT2D eigenvalue weighted by Gasteiger charge is -2.28. The second-order valence-corrected chi connectivity index (χ2v) is 8.34. The van der Waals surface area contributed by atoms with E-state index in [0.29, 0.717) is 18.8 Å². The van der Waals surface area contributed by atoms with Crippen molar-refractivity contribution in [2.75, 3.05) is 26.2 Å².